The van der Waals surface area contributed by atoms with Crippen molar-refractivity contribution in [3.63, 3.8) is 0 Å². The third-order valence-electron chi connectivity index (χ3n) is 3.42. The van der Waals surface area contributed by atoms with Crippen LogP contribution in [0.2, 0.25) is 0 Å². The van der Waals surface area contributed by atoms with Crippen LogP contribution < -0.4 is 5.32 Å². The van der Waals surface area contributed by atoms with Crippen LogP contribution in [-0.4, -0.2) is 32.6 Å². The van der Waals surface area contributed by atoms with Gasteiger partial charge in [-0.25, -0.2) is 4.98 Å². The summed E-state index contributed by atoms with van der Waals surface area (Å²) in [5, 5.41) is 10.2. The Bertz CT molecular complexity index is 893. The SMILES string of the molecule is CC(=O)c1ccccc1NC(=O)CSc1n[nH]c(-c2ccccc2)n1. The number of carbonyl (C=O) groups excluding carboxylic acids is 2. The molecule has 0 unspecified atom stereocenters. The number of benzene rings is 2. The maximum Gasteiger partial charge on any atom is 0.234 e. The van der Waals surface area contributed by atoms with Crippen LogP contribution in [0.3, 0.4) is 0 Å². The summed E-state index contributed by atoms with van der Waals surface area (Å²) in [6.07, 6.45) is 0. The number of thioether (sulfide) groups is 1. The third kappa shape index (κ3) is 4.33. The lowest BCUT2D eigenvalue weighted by atomic mass is 10.1. The third-order valence-corrected chi connectivity index (χ3v) is 4.27. The summed E-state index contributed by atoms with van der Waals surface area (Å²) in [6.45, 7) is 1.47. The van der Waals surface area contributed by atoms with Gasteiger partial charge in [0, 0.05) is 11.1 Å². The van der Waals surface area contributed by atoms with Gasteiger partial charge in [-0.3, -0.25) is 14.7 Å². The maximum atomic E-state index is 12.1. The highest BCUT2D eigenvalue weighted by Gasteiger charge is 2.12. The molecule has 1 heterocycles. The van der Waals surface area contributed by atoms with Gasteiger partial charge in [0.1, 0.15) is 0 Å². The highest BCUT2D eigenvalue weighted by Crippen LogP contribution is 2.20. The molecule has 1 aromatic heterocycles. The lowest BCUT2D eigenvalue weighted by Crippen LogP contribution is -2.16. The zero-order valence-electron chi connectivity index (χ0n) is 13.5. The van der Waals surface area contributed by atoms with E-state index in [0.717, 1.165) is 5.56 Å². The highest BCUT2D eigenvalue weighted by molar-refractivity contribution is 7.99. The first-order valence-electron chi connectivity index (χ1n) is 7.64. The van der Waals surface area contributed by atoms with E-state index in [2.05, 4.69) is 20.5 Å². The van der Waals surface area contributed by atoms with E-state index in [9.17, 15) is 9.59 Å². The van der Waals surface area contributed by atoms with Crippen LogP contribution in [-0.2, 0) is 4.79 Å². The fourth-order valence-electron chi connectivity index (χ4n) is 2.25. The first-order valence-corrected chi connectivity index (χ1v) is 8.62. The summed E-state index contributed by atoms with van der Waals surface area (Å²) in [5.41, 5.74) is 1.94. The van der Waals surface area contributed by atoms with E-state index in [1.165, 1.54) is 18.7 Å². The van der Waals surface area contributed by atoms with E-state index in [1.54, 1.807) is 24.3 Å². The van der Waals surface area contributed by atoms with Gasteiger partial charge in [0.05, 0.1) is 11.4 Å². The number of amides is 1. The Morgan fingerprint density at radius 1 is 1.08 bits per heavy atom. The van der Waals surface area contributed by atoms with Crippen LogP contribution in [0.4, 0.5) is 5.69 Å². The molecular weight excluding hydrogens is 336 g/mol. The van der Waals surface area contributed by atoms with Crippen LogP contribution in [0, 0.1) is 0 Å². The zero-order chi connectivity index (χ0) is 17.6. The molecule has 126 valence electrons. The second-order valence-electron chi connectivity index (χ2n) is 5.27. The van der Waals surface area contributed by atoms with Gasteiger partial charge in [0.2, 0.25) is 11.1 Å². The number of H-pyrrole nitrogens is 1. The van der Waals surface area contributed by atoms with Gasteiger partial charge in [-0.1, -0.05) is 54.2 Å². The number of rotatable bonds is 6. The predicted octanol–water partition coefficient (Wildman–Crippen LogP) is 3.41. The van der Waals surface area contributed by atoms with E-state index in [0.29, 0.717) is 22.2 Å². The molecule has 7 heteroatoms. The summed E-state index contributed by atoms with van der Waals surface area (Å²) >= 11 is 1.23. The minimum Gasteiger partial charge on any atom is -0.325 e. The molecule has 0 aliphatic heterocycles. The lowest BCUT2D eigenvalue weighted by Gasteiger charge is -2.08. The van der Waals surface area contributed by atoms with Crippen molar-refractivity contribution in [1.29, 1.82) is 0 Å². The average Bonchev–Trinajstić information content (AvgIpc) is 3.10. The van der Waals surface area contributed by atoms with E-state index in [1.807, 2.05) is 30.3 Å². The number of nitrogens with one attached hydrogen (secondary N) is 2. The number of aromatic nitrogens is 3. The molecule has 0 atom stereocenters. The second-order valence-corrected chi connectivity index (χ2v) is 6.21. The molecule has 0 bridgehead atoms. The van der Waals surface area contributed by atoms with Crippen LogP contribution in [0.5, 0.6) is 0 Å². The topological polar surface area (TPSA) is 87.7 Å². The van der Waals surface area contributed by atoms with Crippen molar-refractivity contribution in [3.8, 4) is 11.4 Å². The standard InChI is InChI=1S/C18H16N4O2S/c1-12(23)14-9-5-6-10-15(14)19-16(24)11-25-18-20-17(21-22-18)13-7-3-2-4-8-13/h2-10H,11H2,1H3,(H,19,24)(H,20,21,22). The number of anilines is 1. The Balaban J connectivity index is 1.60. The van der Waals surface area contributed by atoms with Crippen molar-refractivity contribution < 1.29 is 9.59 Å². The van der Waals surface area contributed by atoms with Gasteiger partial charge in [-0.15, -0.1) is 5.10 Å². The molecule has 3 rings (SSSR count). The van der Waals surface area contributed by atoms with Crippen molar-refractivity contribution >= 4 is 29.1 Å². The number of para-hydroxylation sites is 1. The Morgan fingerprint density at radius 3 is 2.56 bits per heavy atom. The van der Waals surface area contributed by atoms with Gasteiger partial charge in [0.25, 0.3) is 0 Å². The lowest BCUT2D eigenvalue weighted by molar-refractivity contribution is -0.113. The van der Waals surface area contributed by atoms with E-state index in [-0.39, 0.29) is 17.4 Å². The average molecular weight is 352 g/mol. The van der Waals surface area contributed by atoms with Crippen molar-refractivity contribution in [2.45, 2.75) is 12.1 Å². The summed E-state index contributed by atoms with van der Waals surface area (Å²) in [6, 6.07) is 16.6. The second kappa shape index (κ2) is 7.76. The van der Waals surface area contributed by atoms with Crippen molar-refractivity contribution in [3.05, 3.63) is 60.2 Å². The molecule has 0 radical (unpaired) electrons. The number of aromatic amines is 1. The number of Topliss-reactive ketones (excluding diaryl/α,β-unsaturated/α-hetero) is 1. The Labute approximate surface area is 149 Å². The smallest absolute Gasteiger partial charge is 0.234 e. The molecule has 0 aliphatic rings. The van der Waals surface area contributed by atoms with Crippen LogP contribution in [0.25, 0.3) is 11.4 Å². The van der Waals surface area contributed by atoms with Gasteiger partial charge < -0.3 is 5.32 Å². The first kappa shape index (κ1) is 16.9. The number of hydrogen-bond acceptors (Lipinski definition) is 5. The number of nitrogens with zero attached hydrogens (tertiary/aromatic N) is 2. The summed E-state index contributed by atoms with van der Waals surface area (Å²) in [7, 11) is 0. The molecule has 0 saturated carbocycles. The van der Waals surface area contributed by atoms with Gasteiger partial charge in [-0.2, -0.15) is 0 Å². The molecular formula is C18H16N4O2S. The number of ketones is 1. The fourth-order valence-corrected chi connectivity index (χ4v) is 2.85. The minimum atomic E-state index is -0.218. The highest BCUT2D eigenvalue weighted by atomic mass is 32.2. The van der Waals surface area contributed by atoms with Crippen molar-refractivity contribution in [2.75, 3.05) is 11.1 Å². The molecule has 6 nitrogen and oxygen atoms in total. The Hall–Kier alpha value is -2.93. The van der Waals surface area contributed by atoms with Crippen LogP contribution in [0.1, 0.15) is 17.3 Å². The van der Waals surface area contributed by atoms with Crippen LogP contribution in [0.15, 0.2) is 59.8 Å². The van der Waals surface area contributed by atoms with Crippen molar-refractivity contribution in [2.24, 2.45) is 0 Å². The monoisotopic (exact) mass is 352 g/mol. The summed E-state index contributed by atoms with van der Waals surface area (Å²) < 4.78 is 0. The van der Waals surface area contributed by atoms with Crippen LogP contribution >= 0.6 is 11.8 Å². The first-order chi connectivity index (χ1) is 12.1. The molecule has 0 aliphatic carbocycles. The predicted molar refractivity (Wildman–Crippen MR) is 97.6 cm³/mol. The number of hydrogen-bond donors (Lipinski definition) is 2. The van der Waals surface area contributed by atoms with Gasteiger partial charge in [-0.05, 0) is 19.1 Å². The Morgan fingerprint density at radius 2 is 1.80 bits per heavy atom. The summed E-state index contributed by atoms with van der Waals surface area (Å²) in [5.74, 6) is 0.499. The largest absolute Gasteiger partial charge is 0.325 e. The van der Waals surface area contributed by atoms with Gasteiger partial charge in [0.15, 0.2) is 11.6 Å². The van der Waals surface area contributed by atoms with E-state index >= 15 is 0 Å². The van der Waals surface area contributed by atoms with Gasteiger partial charge >= 0.3 is 0 Å². The zero-order valence-corrected chi connectivity index (χ0v) is 14.3. The quantitative estimate of drug-likeness (QED) is 0.524. The fraction of sp³-hybridized carbons (Fsp3) is 0.111. The molecule has 3 aromatic rings. The molecule has 25 heavy (non-hydrogen) atoms. The van der Waals surface area contributed by atoms with E-state index < -0.39 is 0 Å². The molecule has 2 aromatic carbocycles. The maximum absolute atomic E-state index is 12.1. The Kier molecular flexibility index (Phi) is 5.25. The van der Waals surface area contributed by atoms with E-state index in [4.69, 9.17) is 0 Å². The molecule has 0 spiro atoms. The van der Waals surface area contributed by atoms with Crippen molar-refractivity contribution in [1.82, 2.24) is 15.2 Å². The minimum absolute atomic E-state index is 0.0926. The molecule has 0 fully saturated rings. The number of carbonyl (C=O) groups is 2. The summed E-state index contributed by atoms with van der Waals surface area (Å²) in [4.78, 5) is 28.1. The molecule has 1 amide bonds. The normalized spacial score (nSPS) is 10.4. The molecule has 0 saturated heterocycles. The molecule has 2 N–H and O–H groups in total.